The smallest absolute Gasteiger partial charge is 0.0705 e. The molecule has 0 aliphatic carbocycles. The average Bonchev–Trinajstić information content (AvgIpc) is 2.33. The van der Waals surface area contributed by atoms with E-state index in [9.17, 15) is 5.11 Å². The Labute approximate surface area is 74.5 Å². The molecule has 1 saturated heterocycles. The monoisotopic (exact) mass is 172 g/mol. The Morgan fingerprint density at radius 1 is 1.50 bits per heavy atom. The Morgan fingerprint density at radius 3 is 2.42 bits per heavy atom. The van der Waals surface area contributed by atoms with Crippen molar-refractivity contribution >= 4 is 0 Å². The molecule has 1 heterocycles. The molecule has 0 aromatic heterocycles. The lowest BCUT2D eigenvalue weighted by atomic mass is 10.0. The fourth-order valence-electron chi connectivity index (χ4n) is 1.57. The van der Waals surface area contributed by atoms with Gasteiger partial charge in [0, 0.05) is 25.2 Å². The molecule has 1 aliphatic heterocycles. The van der Waals surface area contributed by atoms with Crippen LogP contribution < -0.4 is 5.73 Å². The summed E-state index contributed by atoms with van der Waals surface area (Å²) in [5, 5.41) is 9.54. The minimum atomic E-state index is -0.171. The molecule has 0 aromatic carbocycles. The molecular formula is C9H20N2O. The zero-order valence-electron chi connectivity index (χ0n) is 8.25. The van der Waals surface area contributed by atoms with E-state index in [0.29, 0.717) is 12.5 Å². The van der Waals surface area contributed by atoms with Gasteiger partial charge in [0.25, 0.3) is 0 Å². The molecular weight excluding hydrogens is 152 g/mol. The second-order valence-corrected chi connectivity index (χ2v) is 4.47. The molecule has 3 N–H and O–H groups in total. The molecule has 0 aromatic rings. The first kappa shape index (κ1) is 9.96. The van der Waals surface area contributed by atoms with E-state index < -0.39 is 0 Å². The summed E-state index contributed by atoms with van der Waals surface area (Å²) in [6, 6.07) is 0. The fraction of sp³-hybridized carbons (Fsp3) is 1.00. The van der Waals surface area contributed by atoms with Crippen LogP contribution in [0.5, 0.6) is 0 Å². The van der Waals surface area contributed by atoms with Crippen LogP contribution in [0.2, 0.25) is 0 Å². The lowest BCUT2D eigenvalue weighted by molar-refractivity contribution is 0.119. The summed E-state index contributed by atoms with van der Waals surface area (Å²) in [5.41, 5.74) is 5.69. The Kier molecular flexibility index (Phi) is 2.76. The Hall–Kier alpha value is -0.120. The Morgan fingerprint density at radius 2 is 2.08 bits per heavy atom. The van der Waals surface area contributed by atoms with Gasteiger partial charge in [0.2, 0.25) is 0 Å². The normalized spacial score (nSPS) is 32.8. The molecule has 1 rings (SSSR count). The van der Waals surface area contributed by atoms with Crippen molar-refractivity contribution in [3.8, 4) is 0 Å². The van der Waals surface area contributed by atoms with Gasteiger partial charge in [0.1, 0.15) is 0 Å². The first-order valence-corrected chi connectivity index (χ1v) is 4.60. The maximum atomic E-state index is 9.54. The van der Waals surface area contributed by atoms with Gasteiger partial charge in [0.15, 0.2) is 0 Å². The number of rotatable bonds is 2. The minimum absolute atomic E-state index is 0.0335. The van der Waals surface area contributed by atoms with Gasteiger partial charge in [-0.1, -0.05) is 6.92 Å². The van der Waals surface area contributed by atoms with Gasteiger partial charge in [-0.25, -0.2) is 0 Å². The lowest BCUT2D eigenvalue weighted by Gasteiger charge is -2.34. The molecule has 0 bridgehead atoms. The third kappa shape index (κ3) is 1.79. The van der Waals surface area contributed by atoms with Gasteiger partial charge in [-0.05, 0) is 19.8 Å². The van der Waals surface area contributed by atoms with E-state index in [1.54, 1.807) is 0 Å². The second-order valence-electron chi connectivity index (χ2n) is 4.47. The quantitative estimate of drug-likeness (QED) is 0.618. The number of aliphatic hydroxyl groups excluding tert-OH is 1. The van der Waals surface area contributed by atoms with Crippen LogP contribution in [-0.2, 0) is 0 Å². The van der Waals surface area contributed by atoms with E-state index in [4.69, 9.17) is 5.73 Å². The predicted molar refractivity (Wildman–Crippen MR) is 49.9 cm³/mol. The number of hydrogen-bond acceptors (Lipinski definition) is 3. The van der Waals surface area contributed by atoms with E-state index in [0.717, 1.165) is 13.1 Å². The highest BCUT2D eigenvalue weighted by Gasteiger charge is 2.35. The first-order valence-electron chi connectivity index (χ1n) is 4.60. The molecule has 0 amide bonds. The average molecular weight is 172 g/mol. The topological polar surface area (TPSA) is 49.5 Å². The van der Waals surface area contributed by atoms with Crippen LogP contribution in [0, 0.1) is 5.92 Å². The summed E-state index contributed by atoms with van der Waals surface area (Å²) in [4.78, 5) is 2.27. The van der Waals surface area contributed by atoms with Crippen LogP contribution in [0.4, 0.5) is 0 Å². The summed E-state index contributed by atoms with van der Waals surface area (Å²) >= 11 is 0. The second kappa shape index (κ2) is 3.32. The Bertz CT molecular complexity index is 149. The van der Waals surface area contributed by atoms with Crippen LogP contribution in [-0.4, -0.2) is 41.3 Å². The van der Waals surface area contributed by atoms with Gasteiger partial charge in [-0.3, -0.25) is 4.90 Å². The molecule has 1 aliphatic rings. The van der Waals surface area contributed by atoms with Crippen molar-refractivity contribution in [2.45, 2.75) is 32.4 Å². The van der Waals surface area contributed by atoms with E-state index in [-0.39, 0.29) is 11.6 Å². The van der Waals surface area contributed by atoms with Crippen molar-refractivity contribution in [2.75, 3.05) is 19.6 Å². The van der Waals surface area contributed by atoms with Crippen LogP contribution >= 0.6 is 0 Å². The lowest BCUT2D eigenvalue weighted by Crippen LogP contribution is -2.48. The third-order valence-electron chi connectivity index (χ3n) is 2.93. The van der Waals surface area contributed by atoms with E-state index in [1.165, 1.54) is 0 Å². The van der Waals surface area contributed by atoms with Gasteiger partial charge in [-0.15, -0.1) is 0 Å². The third-order valence-corrected chi connectivity index (χ3v) is 2.93. The Balaban J connectivity index is 2.56. The fourth-order valence-corrected chi connectivity index (χ4v) is 1.57. The van der Waals surface area contributed by atoms with E-state index >= 15 is 0 Å². The highest BCUT2D eigenvalue weighted by Crippen LogP contribution is 2.23. The van der Waals surface area contributed by atoms with E-state index in [2.05, 4.69) is 25.7 Å². The standard InChI is InChI=1S/C9H20N2O/c1-7-4-11(5-8(7)12)9(2,3)6-10/h7-8,12H,4-6,10H2,1-3H3. The maximum absolute atomic E-state index is 9.54. The summed E-state index contributed by atoms with van der Waals surface area (Å²) in [6.07, 6.45) is -0.171. The maximum Gasteiger partial charge on any atom is 0.0705 e. The molecule has 3 nitrogen and oxygen atoms in total. The summed E-state index contributed by atoms with van der Waals surface area (Å²) in [6.45, 7) is 8.70. The molecule has 0 spiro atoms. The van der Waals surface area contributed by atoms with Crippen molar-refractivity contribution in [3.05, 3.63) is 0 Å². The minimum Gasteiger partial charge on any atom is -0.391 e. The molecule has 1 fully saturated rings. The van der Waals surface area contributed by atoms with Crippen LogP contribution in [0.25, 0.3) is 0 Å². The SMILES string of the molecule is CC1CN(C(C)(C)CN)CC1O. The summed E-state index contributed by atoms with van der Waals surface area (Å²) in [7, 11) is 0. The first-order chi connectivity index (χ1) is 5.47. The van der Waals surface area contributed by atoms with Crippen molar-refractivity contribution in [2.24, 2.45) is 11.7 Å². The zero-order chi connectivity index (χ0) is 9.35. The number of nitrogens with two attached hydrogens (primary N) is 1. The number of nitrogens with zero attached hydrogens (tertiary/aromatic N) is 1. The molecule has 72 valence electrons. The van der Waals surface area contributed by atoms with Crippen molar-refractivity contribution in [3.63, 3.8) is 0 Å². The van der Waals surface area contributed by atoms with Crippen molar-refractivity contribution < 1.29 is 5.11 Å². The largest absolute Gasteiger partial charge is 0.391 e. The molecule has 12 heavy (non-hydrogen) atoms. The van der Waals surface area contributed by atoms with Crippen LogP contribution in [0.3, 0.4) is 0 Å². The number of hydrogen-bond donors (Lipinski definition) is 2. The van der Waals surface area contributed by atoms with Crippen LogP contribution in [0.1, 0.15) is 20.8 Å². The predicted octanol–water partition coefficient (Wildman–Crippen LogP) is 0.0363. The summed E-state index contributed by atoms with van der Waals surface area (Å²) in [5.74, 6) is 0.385. The number of likely N-dealkylation sites (tertiary alicyclic amines) is 1. The molecule has 2 atom stereocenters. The van der Waals surface area contributed by atoms with Gasteiger partial charge >= 0.3 is 0 Å². The van der Waals surface area contributed by atoms with E-state index in [1.807, 2.05) is 0 Å². The molecule has 3 heteroatoms. The van der Waals surface area contributed by atoms with Gasteiger partial charge in [0.05, 0.1) is 6.10 Å². The molecule has 0 radical (unpaired) electrons. The van der Waals surface area contributed by atoms with Crippen molar-refractivity contribution in [1.82, 2.24) is 4.90 Å². The number of aliphatic hydroxyl groups is 1. The van der Waals surface area contributed by atoms with Gasteiger partial charge < -0.3 is 10.8 Å². The van der Waals surface area contributed by atoms with Crippen LogP contribution in [0.15, 0.2) is 0 Å². The van der Waals surface area contributed by atoms with Crippen molar-refractivity contribution in [1.29, 1.82) is 0 Å². The molecule has 2 unspecified atom stereocenters. The molecule has 0 saturated carbocycles. The zero-order valence-corrected chi connectivity index (χ0v) is 8.25. The summed E-state index contributed by atoms with van der Waals surface area (Å²) < 4.78 is 0. The number of β-amino-alcohol motifs (C(OH)–C–C–N with tert-alkyl or cyclic N) is 1. The van der Waals surface area contributed by atoms with Gasteiger partial charge in [-0.2, -0.15) is 0 Å². The highest BCUT2D eigenvalue weighted by atomic mass is 16.3. The highest BCUT2D eigenvalue weighted by molar-refractivity contribution is 4.91.